The zero-order valence-corrected chi connectivity index (χ0v) is 5.22. The molecule has 6 nitrogen and oxygen atoms in total. The van der Waals surface area contributed by atoms with Crippen molar-refractivity contribution in [3.8, 4) is 0 Å². The average Bonchev–Trinajstić information content (AvgIpc) is 1.25. The van der Waals surface area contributed by atoms with Crippen molar-refractivity contribution in [1.29, 1.82) is 5.41 Å². The Hall–Kier alpha value is -1.30. The highest BCUT2D eigenvalue weighted by Crippen LogP contribution is 1.42. The van der Waals surface area contributed by atoms with Crippen molar-refractivity contribution in [1.82, 2.24) is 6.15 Å². The molecule has 0 aliphatic carbocycles. The number of hydrogen-bond donors (Lipinski definition) is 5. The van der Waals surface area contributed by atoms with Crippen molar-refractivity contribution in [3.63, 3.8) is 0 Å². The maximum Gasteiger partial charge on any atom is 0.300 e. The van der Waals surface area contributed by atoms with Crippen LogP contribution in [0.25, 0.3) is 0 Å². The van der Waals surface area contributed by atoms with E-state index in [9.17, 15) is 0 Å². The molecule has 6 heteroatoms. The minimum Gasteiger partial charge on any atom is -0.481 e. The molecule has 0 fully saturated rings. The minimum atomic E-state index is -0.833. The Balaban J connectivity index is -0.0000000720. The Bertz CT molecular complexity index is 71.8. The molecule has 0 bridgehead atoms. The highest BCUT2D eigenvalue weighted by atomic mass is 16.4. The predicted octanol–water partition coefficient (Wildman–Crippen LogP) is -0.909. The van der Waals surface area contributed by atoms with Gasteiger partial charge in [0.25, 0.3) is 5.97 Å². The van der Waals surface area contributed by atoms with Crippen molar-refractivity contribution >= 4 is 11.9 Å². The average molecular weight is 136 g/mol. The predicted molar refractivity (Wildman–Crippen MR) is 34.4 cm³/mol. The van der Waals surface area contributed by atoms with Gasteiger partial charge in [0.05, 0.1) is 0 Å². The van der Waals surface area contributed by atoms with Gasteiger partial charge in [-0.15, -0.1) is 0 Å². The van der Waals surface area contributed by atoms with Crippen LogP contribution in [0.4, 0.5) is 0 Å². The molecule has 0 amide bonds. The molecule has 9 heavy (non-hydrogen) atoms. The van der Waals surface area contributed by atoms with E-state index in [2.05, 4.69) is 11.5 Å². The topological polar surface area (TPSA) is 148 Å². The first-order chi connectivity index (χ1) is 3.46. The molecule has 0 aromatic heterocycles. The lowest BCUT2D eigenvalue weighted by atomic mass is 10.9. The van der Waals surface area contributed by atoms with Gasteiger partial charge in [-0.05, 0) is 0 Å². The number of carbonyl (C=O) groups is 1. The summed E-state index contributed by atoms with van der Waals surface area (Å²) in [5, 5.41) is 13.5. The lowest BCUT2D eigenvalue weighted by Gasteiger charge is -1.69. The zero-order valence-electron chi connectivity index (χ0n) is 5.22. The highest BCUT2D eigenvalue weighted by Gasteiger charge is 1.65. The Morgan fingerprint density at radius 1 is 1.56 bits per heavy atom. The highest BCUT2D eigenvalue weighted by molar-refractivity contribution is 5.71. The fraction of sp³-hybridized carbons (Fsp3) is 0.333. The number of nitrogens with two attached hydrogens (primary N) is 2. The van der Waals surface area contributed by atoms with Crippen LogP contribution in [0.5, 0.6) is 0 Å². The first kappa shape index (κ1) is 15.6. The van der Waals surface area contributed by atoms with Crippen molar-refractivity contribution < 1.29 is 9.90 Å². The fourth-order valence-corrected chi connectivity index (χ4v) is 0. The lowest BCUT2D eigenvalue weighted by Crippen LogP contribution is -2.20. The van der Waals surface area contributed by atoms with Gasteiger partial charge in [0.1, 0.15) is 0 Å². The number of nitrogens with one attached hydrogen (secondary N) is 1. The van der Waals surface area contributed by atoms with Crippen LogP contribution in [0.15, 0.2) is 0 Å². The largest absolute Gasteiger partial charge is 0.481 e. The Kier molecular flexibility index (Phi) is 17.1. The third-order valence-corrected chi connectivity index (χ3v) is 0. The van der Waals surface area contributed by atoms with Crippen molar-refractivity contribution in [2.24, 2.45) is 11.5 Å². The van der Waals surface area contributed by atoms with Gasteiger partial charge < -0.3 is 22.7 Å². The number of rotatable bonds is 0. The lowest BCUT2D eigenvalue weighted by molar-refractivity contribution is -0.134. The molecule has 0 saturated heterocycles. The van der Waals surface area contributed by atoms with Gasteiger partial charge >= 0.3 is 0 Å². The smallest absolute Gasteiger partial charge is 0.300 e. The van der Waals surface area contributed by atoms with Crippen LogP contribution < -0.4 is 17.6 Å². The summed E-state index contributed by atoms with van der Waals surface area (Å²) in [5.41, 5.74) is 8.94. The van der Waals surface area contributed by atoms with E-state index in [1.807, 2.05) is 0 Å². The molecule has 0 aromatic carbocycles. The Morgan fingerprint density at radius 3 is 1.56 bits per heavy atom. The normalized spacial score (nSPS) is 5.44. The van der Waals surface area contributed by atoms with Crippen LogP contribution in [0.1, 0.15) is 6.92 Å². The van der Waals surface area contributed by atoms with Crippen LogP contribution in [0, 0.1) is 5.41 Å². The monoisotopic (exact) mass is 136 g/mol. The standard InChI is InChI=1S/C2H4O2.CH5N3.H3N/c1-2(3)4;2-1(3)4;/h1H3,(H,3,4);(H5,2,3,4);1H3. The van der Waals surface area contributed by atoms with Gasteiger partial charge in [0.15, 0.2) is 5.96 Å². The number of aliphatic carboxylic acids is 1. The molecule has 0 heterocycles. The summed E-state index contributed by atoms with van der Waals surface area (Å²) in [7, 11) is 0. The number of guanidine groups is 1. The summed E-state index contributed by atoms with van der Waals surface area (Å²) < 4.78 is 0. The third-order valence-electron chi connectivity index (χ3n) is 0. The fourth-order valence-electron chi connectivity index (χ4n) is 0. The molecule has 0 spiro atoms. The summed E-state index contributed by atoms with van der Waals surface area (Å²) in [6.07, 6.45) is 0. The number of carboxylic acid groups (broad SMARTS) is 1. The Labute approximate surface area is 52.9 Å². The van der Waals surface area contributed by atoms with E-state index in [0.717, 1.165) is 6.92 Å². The summed E-state index contributed by atoms with van der Waals surface area (Å²) in [5.74, 6) is -1.17. The summed E-state index contributed by atoms with van der Waals surface area (Å²) in [6, 6.07) is 0. The maximum atomic E-state index is 9.00. The molecule has 0 aliphatic rings. The second-order valence-corrected chi connectivity index (χ2v) is 0.974. The van der Waals surface area contributed by atoms with E-state index < -0.39 is 5.97 Å². The van der Waals surface area contributed by atoms with E-state index in [-0.39, 0.29) is 12.1 Å². The number of carboxylic acids is 1. The second kappa shape index (κ2) is 9.85. The molecule has 9 N–H and O–H groups in total. The van der Waals surface area contributed by atoms with Crippen LogP contribution in [0.3, 0.4) is 0 Å². The first-order valence-corrected chi connectivity index (χ1v) is 1.76. The Morgan fingerprint density at radius 2 is 1.56 bits per heavy atom. The molecule has 0 rings (SSSR count). The van der Waals surface area contributed by atoms with E-state index >= 15 is 0 Å². The van der Waals surface area contributed by atoms with E-state index in [0.29, 0.717) is 0 Å². The minimum absolute atomic E-state index is 0. The third kappa shape index (κ3) is 87.6. The van der Waals surface area contributed by atoms with Gasteiger partial charge in [-0.1, -0.05) is 0 Å². The maximum absolute atomic E-state index is 9.00. The zero-order chi connectivity index (χ0) is 7.15. The van der Waals surface area contributed by atoms with Crippen molar-refractivity contribution in [2.75, 3.05) is 0 Å². The van der Waals surface area contributed by atoms with E-state index in [4.69, 9.17) is 15.3 Å². The quantitative estimate of drug-likeness (QED) is 0.216. The van der Waals surface area contributed by atoms with Gasteiger partial charge in [0.2, 0.25) is 0 Å². The number of hydrogen-bond acceptors (Lipinski definition) is 3. The van der Waals surface area contributed by atoms with E-state index in [1.165, 1.54) is 0 Å². The SMILES string of the molecule is CC(=O)O.N.N=C(N)N. The van der Waals surface area contributed by atoms with Crippen LogP contribution >= 0.6 is 0 Å². The van der Waals surface area contributed by atoms with E-state index in [1.54, 1.807) is 0 Å². The molecule has 0 atom stereocenters. The molecular formula is C3H12N4O2. The van der Waals surface area contributed by atoms with Crippen LogP contribution in [-0.4, -0.2) is 17.0 Å². The second-order valence-electron chi connectivity index (χ2n) is 0.974. The summed E-state index contributed by atoms with van der Waals surface area (Å²) >= 11 is 0. The molecule has 0 unspecified atom stereocenters. The van der Waals surface area contributed by atoms with Gasteiger partial charge in [-0.2, -0.15) is 0 Å². The summed E-state index contributed by atoms with van der Waals surface area (Å²) in [4.78, 5) is 9.00. The van der Waals surface area contributed by atoms with Crippen LogP contribution in [0.2, 0.25) is 0 Å². The van der Waals surface area contributed by atoms with Crippen molar-refractivity contribution in [2.45, 2.75) is 6.92 Å². The molecule has 0 radical (unpaired) electrons. The van der Waals surface area contributed by atoms with Crippen LogP contribution in [-0.2, 0) is 4.79 Å². The summed E-state index contributed by atoms with van der Waals surface area (Å²) in [6.45, 7) is 1.08. The molecule has 0 aliphatic heterocycles. The first-order valence-electron chi connectivity index (χ1n) is 1.76. The molecular weight excluding hydrogens is 124 g/mol. The van der Waals surface area contributed by atoms with Gasteiger partial charge in [-0.3, -0.25) is 10.2 Å². The molecule has 0 aromatic rings. The molecule has 56 valence electrons. The van der Waals surface area contributed by atoms with Gasteiger partial charge in [0, 0.05) is 6.92 Å². The van der Waals surface area contributed by atoms with Gasteiger partial charge in [-0.25, -0.2) is 0 Å². The van der Waals surface area contributed by atoms with Crippen molar-refractivity contribution in [3.05, 3.63) is 0 Å². The molecule has 0 saturated carbocycles.